The van der Waals surface area contributed by atoms with Crippen molar-refractivity contribution in [2.45, 2.75) is 6.04 Å². The maximum atomic E-state index is 4.17. The van der Waals surface area contributed by atoms with Gasteiger partial charge in [-0.2, -0.15) is 0 Å². The normalized spacial score (nSPS) is 17.0. The van der Waals surface area contributed by atoms with Crippen LogP contribution in [0.15, 0.2) is 58.7 Å². The number of anilines is 1. The average molecular weight is 359 g/mol. The molecule has 4 nitrogen and oxygen atoms in total. The van der Waals surface area contributed by atoms with E-state index in [1.165, 1.54) is 10.4 Å². The zero-order chi connectivity index (χ0) is 14.2. The van der Waals surface area contributed by atoms with Gasteiger partial charge >= 0.3 is 0 Å². The van der Waals surface area contributed by atoms with Crippen LogP contribution in [0, 0.1) is 0 Å². The van der Waals surface area contributed by atoms with Gasteiger partial charge in [0.2, 0.25) is 5.95 Å². The van der Waals surface area contributed by atoms with Crippen molar-refractivity contribution in [2.24, 2.45) is 0 Å². The molecule has 0 saturated heterocycles. The Hall–Kier alpha value is -1.92. The second kappa shape index (κ2) is 5.13. The molecule has 0 bridgehead atoms. The van der Waals surface area contributed by atoms with Crippen molar-refractivity contribution < 1.29 is 0 Å². The molecule has 0 saturated carbocycles. The van der Waals surface area contributed by atoms with Gasteiger partial charge in [0, 0.05) is 4.47 Å². The molecule has 2 aromatic heterocycles. The second-order valence-corrected chi connectivity index (χ2v) is 6.60. The summed E-state index contributed by atoms with van der Waals surface area (Å²) in [7, 11) is 0. The first-order chi connectivity index (χ1) is 10.3. The topological polar surface area (TPSA) is 42.7 Å². The molecule has 3 aromatic rings. The van der Waals surface area contributed by atoms with Crippen LogP contribution in [0.3, 0.4) is 0 Å². The number of aromatic nitrogens is 3. The van der Waals surface area contributed by atoms with Crippen molar-refractivity contribution in [1.29, 1.82) is 0 Å². The van der Waals surface area contributed by atoms with Gasteiger partial charge in [0.15, 0.2) is 0 Å². The highest BCUT2D eigenvalue weighted by Crippen LogP contribution is 2.33. The maximum absolute atomic E-state index is 4.17. The molecule has 3 heterocycles. The van der Waals surface area contributed by atoms with Gasteiger partial charge in [0.1, 0.15) is 6.33 Å². The number of benzene rings is 1. The van der Waals surface area contributed by atoms with Crippen LogP contribution in [0.2, 0.25) is 0 Å². The molecule has 4 rings (SSSR count). The second-order valence-electron chi connectivity index (χ2n) is 4.74. The van der Waals surface area contributed by atoms with E-state index in [-0.39, 0.29) is 6.04 Å². The minimum Gasteiger partial charge on any atom is -0.323 e. The molecule has 0 radical (unpaired) electrons. The lowest BCUT2D eigenvalue weighted by atomic mass is 10.0. The summed E-state index contributed by atoms with van der Waals surface area (Å²) in [5, 5.41) is 13.6. The third-order valence-corrected chi connectivity index (χ3v) is 4.87. The van der Waals surface area contributed by atoms with Crippen LogP contribution >= 0.6 is 27.3 Å². The van der Waals surface area contributed by atoms with Crippen LogP contribution in [-0.4, -0.2) is 14.8 Å². The van der Waals surface area contributed by atoms with Gasteiger partial charge in [-0.1, -0.05) is 34.1 Å². The van der Waals surface area contributed by atoms with Crippen LogP contribution < -0.4 is 5.32 Å². The fourth-order valence-electron chi connectivity index (χ4n) is 2.43. The molecule has 1 aromatic carbocycles. The largest absolute Gasteiger partial charge is 0.323 e. The zero-order valence-electron chi connectivity index (χ0n) is 10.9. The Morgan fingerprint density at radius 3 is 2.81 bits per heavy atom. The molecule has 1 aliphatic rings. The fourth-order valence-corrected chi connectivity index (χ4v) is 3.40. The summed E-state index contributed by atoms with van der Waals surface area (Å²) in [5.41, 5.74) is 2.29. The van der Waals surface area contributed by atoms with Crippen molar-refractivity contribution in [2.75, 3.05) is 5.32 Å². The molecule has 1 aliphatic heterocycles. The van der Waals surface area contributed by atoms with Gasteiger partial charge in [0.25, 0.3) is 0 Å². The zero-order valence-corrected chi connectivity index (χ0v) is 13.3. The molecule has 21 heavy (non-hydrogen) atoms. The van der Waals surface area contributed by atoms with Crippen molar-refractivity contribution >= 4 is 38.9 Å². The van der Waals surface area contributed by atoms with Crippen molar-refractivity contribution in [3.63, 3.8) is 0 Å². The van der Waals surface area contributed by atoms with E-state index in [1.54, 1.807) is 17.7 Å². The summed E-state index contributed by atoms with van der Waals surface area (Å²) >= 11 is 5.19. The highest BCUT2D eigenvalue weighted by atomic mass is 79.9. The van der Waals surface area contributed by atoms with Crippen LogP contribution in [0.25, 0.3) is 5.70 Å². The summed E-state index contributed by atoms with van der Waals surface area (Å²) in [4.78, 5) is 1.20. The van der Waals surface area contributed by atoms with E-state index in [0.29, 0.717) is 0 Å². The Morgan fingerprint density at radius 2 is 2.05 bits per heavy atom. The number of allylic oxidation sites excluding steroid dienone is 1. The Morgan fingerprint density at radius 1 is 1.19 bits per heavy atom. The number of nitrogens with zero attached hydrogens (tertiary/aromatic N) is 3. The van der Waals surface area contributed by atoms with Gasteiger partial charge < -0.3 is 5.32 Å². The molecule has 104 valence electrons. The molecule has 0 spiro atoms. The number of hydrogen-bond donors (Lipinski definition) is 1. The number of nitrogens with one attached hydrogen (secondary N) is 1. The molecule has 0 amide bonds. The number of thiophene rings is 1. The monoisotopic (exact) mass is 358 g/mol. The first kappa shape index (κ1) is 12.8. The standard InChI is InChI=1S/C15H11BrN4S/c16-11-5-3-10(4-6-11)13-8-12(14-2-1-7-21-14)18-15-19-17-9-20(13)15/h1-9,13H,(H,18,19)/t13-/m0/s1. The summed E-state index contributed by atoms with van der Waals surface area (Å²) in [6.07, 6.45) is 3.97. The third kappa shape index (κ3) is 2.30. The minimum atomic E-state index is 0.0986. The number of hydrogen-bond acceptors (Lipinski definition) is 4. The molecular weight excluding hydrogens is 348 g/mol. The highest BCUT2D eigenvalue weighted by Gasteiger charge is 2.22. The van der Waals surface area contributed by atoms with Crippen LogP contribution in [0.1, 0.15) is 16.5 Å². The predicted octanol–water partition coefficient (Wildman–Crippen LogP) is 4.16. The Kier molecular flexibility index (Phi) is 3.12. The quantitative estimate of drug-likeness (QED) is 0.747. The lowest BCUT2D eigenvalue weighted by molar-refractivity contribution is 0.696. The first-order valence-electron chi connectivity index (χ1n) is 6.49. The molecule has 1 N–H and O–H groups in total. The van der Waals surface area contributed by atoms with E-state index in [0.717, 1.165) is 16.1 Å². The SMILES string of the molecule is Brc1ccc([C@@H]2C=C(c3cccs3)Nc3nncn32)cc1. The van der Waals surface area contributed by atoms with Crippen LogP contribution in [0.5, 0.6) is 0 Å². The Labute approximate surface area is 134 Å². The Balaban J connectivity index is 1.82. The molecule has 6 heteroatoms. The van der Waals surface area contributed by atoms with E-state index in [4.69, 9.17) is 0 Å². The number of halogens is 1. The lowest BCUT2D eigenvalue weighted by Crippen LogP contribution is -2.18. The molecule has 1 atom stereocenters. The molecule has 0 unspecified atom stereocenters. The smallest absolute Gasteiger partial charge is 0.229 e. The van der Waals surface area contributed by atoms with Gasteiger partial charge in [-0.3, -0.25) is 4.57 Å². The number of fused-ring (bicyclic) bond motifs is 1. The first-order valence-corrected chi connectivity index (χ1v) is 8.16. The van der Waals surface area contributed by atoms with Gasteiger partial charge in [-0.15, -0.1) is 21.5 Å². The molecular formula is C15H11BrN4S. The van der Waals surface area contributed by atoms with E-state index in [9.17, 15) is 0 Å². The van der Waals surface area contributed by atoms with Gasteiger partial charge in [0.05, 0.1) is 16.6 Å². The minimum absolute atomic E-state index is 0.0986. The van der Waals surface area contributed by atoms with Crippen molar-refractivity contribution in [1.82, 2.24) is 14.8 Å². The van der Waals surface area contributed by atoms with E-state index < -0.39 is 0 Å². The molecule has 0 aliphatic carbocycles. The maximum Gasteiger partial charge on any atom is 0.229 e. The summed E-state index contributed by atoms with van der Waals surface area (Å²) in [5.74, 6) is 0.772. The van der Waals surface area contributed by atoms with Gasteiger partial charge in [-0.25, -0.2) is 0 Å². The van der Waals surface area contributed by atoms with E-state index in [1.807, 2.05) is 4.57 Å². The van der Waals surface area contributed by atoms with Crippen molar-refractivity contribution in [3.05, 3.63) is 69.1 Å². The third-order valence-electron chi connectivity index (χ3n) is 3.44. The van der Waals surface area contributed by atoms with Gasteiger partial charge in [-0.05, 0) is 35.2 Å². The summed E-state index contributed by atoms with van der Waals surface area (Å²) in [6, 6.07) is 12.6. The Bertz CT molecular complexity index is 789. The summed E-state index contributed by atoms with van der Waals surface area (Å²) < 4.78 is 3.12. The highest BCUT2D eigenvalue weighted by molar-refractivity contribution is 9.10. The van der Waals surface area contributed by atoms with Crippen LogP contribution in [0.4, 0.5) is 5.95 Å². The average Bonchev–Trinajstić information content (AvgIpc) is 3.18. The lowest BCUT2D eigenvalue weighted by Gasteiger charge is -2.24. The predicted molar refractivity (Wildman–Crippen MR) is 88.2 cm³/mol. The number of rotatable bonds is 2. The summed E-state index contributed by atoms with van der Waals surface area (Å²) in [6.45, 7) is 0. The van der Waals surface area contributed by atoms with E-state index >= 15 is 0 Å². The van der Waals surface area contributed by atoms with Crippen LogP contribution in [-0.2, 0) is 0 Å². The fraction of sp³-hybridized carbons (Fsp3) is 0.0667. The molecule has 0 fully saturated rings. The van der Waals surface area contributed by atoms with E-state index in [2.05, 4.69) is 79.3 Å². The van der Waals surface area contributed by atoms with Crippen molar-refractivity contribution in [3.8, 4) is 0 Å².